The minimum Gasteiger partial charge on any atom is -0.483 e. The highest BCUT2D eigenvalue weighted by Gasteiger charge is 2.70. The number of anilines is 2. The van der Waals surface area contributed by atoms with E-state index in [1.165, 1.54) is 30.0 Å². The molecule has 1 aromatic heterocycles. The van der Waals surface area contributed by atoms with Crippen molar-refractivity contribution >= 4 is 79.7 Å². The van der Waals surface area contributed by atoms with Crippen LogP contribution >= 0.6 is 50.6 Å². The van der Waals surface area contributed by atoms with Crippen molar-refractivity contribution in [3.8, 4) is 5.75 Å². The number of aromatic amines is 1. The molecule has 0 radical (unpaired) electrons. The standard InChI is InChI=1S/C34H24BrClF3N3O5S2/c35-14-5-10-22(47-13-23(43)40-16-8-6-15(36)7-9-16)17(11-14)24-25-18-12-19(28(25)48-30-29(24)49-33(46)41-30)27-26(18)31(44)42(32(27)45)21-4-2-1-3-20(21)34(37,38)39/h1-11,18-19,24-28H,12-13H2,(H,40,43)(H,41,46)/t18-,19-,24+,25-,26+,27+,28-/m1/s1. The van der Waals surface area contributed by atoms with Gasteiger partial charge < -0.3 is 15.0 Å². The van der Waals surface area contributed by atoms with Crippen molar-refractivity contribution in [2.75, 3.05) is 16.8 Å². The fraction of sp³-hybridized carbons (Fsp3) is 0.294. The van der Waals surface area contributed by atoms with Gasteiger partial charge in [-0.15, -0.1) is 11.8 Å². The Bertz CT molecular complexity index is 2090. The third kappa shape index (κ3) is 5.42. The van der Waals surface area contributed by atoms with Gasteiger partial charge in [-0.3, -0.25) is 19.2 Å². The summed E-state index contributed by atoms with van der Waals surface area (Å²) in [4.78, 5) is 57.8. The lowest BCUT2D eigenvalue weighted by atomic mass is 9.68. The maximum absolute atomic E-state index is 14.1. The van der Waals surface area contributed by atoms with Crippen LogP contribution in [-0.2, 0) is 20.6 Å². The Morgan fingerprint density at radius 2 is 1.73 bits per heavy atom. The number of hydrogen-bond acceptors (Lipinski definition) is 7. The zero-order valence-corrected chi connectivity index (χ0v) is 29.0. The molecule has 4 aromatic rings. The molecule has 4 aliphatic rings. The molecule has 2 bridgehead atoms. The van der Waals surface area contributed by atoms with E-state index in [1.807, 2.05) is 6.07 Å². The van der Waals surface area contributed by atoms with Gasteiger partial charge in [-0.2, -0.15) is 13.2 Å². The van der Waals surface area contributed by atoms with Gasteiger partial charge in [0.2, 0.25) is 11.8 Å². The summed E-state index contributed by atoms with van der Waals surface area (Å²) in [6.45, 7) is -0.319. The molecule has 2 aliphatic carbocycles. The molecule has 8 nitrogen and oxygen atoms in total. The van der Waals surface area contributed by atoms with Gasteiger partial charge in [-0.05, 0) is 78.8 Å². The molecule has 2 saturated carbocycles. The molecule has 2 aliphatic heterocycles. The molecule has 3 amide bonds. The number of amides is 3. The van der Waals surface area contributed by atoms with E-state index in [2.05, 4.69) is 26.2 Å². The van der Waals surface area contributed by atoms with Gasteiger partial charge in [0, 0.05) is 36.8 Å². The van der Waals surface area contributed by atoms with Gasteiger partial charge >= 0.3 is 11.0 Å². The first-order valence-electron chi connectivity index (χ1n) is 15.3. The number of benzene rings is 3. The smallest absolute Gasteiger partial charge is 0.418 e. The molecule has 3 aromatic carbocycles. The predicted molar refractivity (Wildman–Crippen MR) is 182 cm³/mol. The maximum Gasteiger partial charge on any atom is 0.418 e. The highest BCUT2D eigenvalue weighted by molar-refractivity contribution is 9.10. The van der Waals surface area contributed by atoms with Crippen molar-refractivity contribution in [2.24, 2.45) is 29.6 Å². The van der Waals surface area contributed by atoms with E-state index in [-0.39, 0.29) is 34.5 Å². The maximum atomic E-state index is 14.1. The van der Waals surface area contributed by atoms with Crippen molar-refractivity contribution in [1.82, 2.24) is 4.98 Å². The van der Waals surface area contributed by atoms with Crippen LogP contribution in [0.2, 0.25) is 5.02 Å². The second-order valence-corrected chi connectivity index (χ2v) is 16.1. The molecule has 0 spiro atoms. The van der Waals surface area contributed by atoms with Crippen molar-refractivity contribution in [3.63, 3.8) is 0 Å². The van der Waals surface area contributed by atoms with Crippen molar-refractivity contribution in [3.05, 3.63) is 102 Å². The molecule has 15 heteroatoms. The van der Waals surface area contributed by atoms with Crippen LogP contribution in [0.5, 0.6) is 5.75 Å². The lowest BCUT2D eigenvalue weighted by Crippen LogP contribution is -2.42. The van der Waals surface area contributed by atoms with E-state index in [9.17, 15) is 32.3 Å². The number of fused-ring (bicyclic) bond motifs is 9. The molecule has 1 saturated heterocycles. The van der Waals surface area contributed by atoms with Crippen LogP contribution in [0.3, 0.4) is 0 Å². The number of para-hydroxylation sites is 1. The minimum absolute atomic E-state index is 0.205. The fourth-order valence-corrected chi connectivity index (χ4v) is 11.7. The number of alkyl halides is 3. The molecular weight excluding hydrogens is 767 g/mol. The molecular formula is C34H24BrClF3N3O5S2. The molecule has 0 unspecified atom stereocenters. The Kier molecular flexibility index (Phi) is 8.00. The third-order valence-corrected chi connectivity index (χ3v) is 13.3. The number of thiazole rings is 1. The lowest BCUT2D eigenvalue weighted by Gasteiger charge is -2.43. The summed E-state index contributed by atoms with van der Waals surface area (Å²) >= 11 is 12.0. The summed E-state index contributed by atoms with van der Waals surface area (Å²) in [6, 6.07) is 16.7. The van der Waals surface area contributed by atoms with Gasteiger partial charge in [-0.1, -0.05) is 51.0 Å². The minimum atomic E-state index is -4.76. The summed E-state index contributed by atoms with van der Waals surface area (Å²) in [5.74, 6) is -4.15. The number of carbonyl (C=O) groups is 3. The van der Waals surface area contributed by atoms with Gasteiger partial charge in [0.05, 0.1) is 28.1 Å². The quantitative estimate of drug-likeness (QED) is 0.195. The number of rotatable bonds is 6. The molecule has 8 rings (SSSR count). The van der Waals surface area contributed by atoms with Gasteiger partial charge in [-0.25, -0.2) is 4.90 Å². The van der Waals surface area contributed by atoms with Crippen LogP contribution in [0.1, 0.15) is 28.3 Å². The Balaban J connectivity index is 1.15. The molecule has 7 atom stereocenters. The number of H-pyrrole nitrogens is 1. The van der Waals surface area contributed by atoms with Crippen molar-refractivity contribution < 1.29 is 32.3 Å². The zero-order valence-electron chi connectivity index (χ0n) is 25.0. The average Bonchev–Trinajstić information content (AvgIpc) is 3.80. The topological polar surface area (TPSA) is 109 Å². The number of aromatic nitrogens is 1. The van der Waals surface area contributed by atoms with Gasteiger partial charge in [0.25, 0.3) is 5.91 Å². The summed E-state index contributed by atoms with van der Waals surface area (Å²) in [5, 5.41) is 3.75. The van der Waals surface area contributed by atoms with Crippen LogP contribution < -0.4 is 19.8 Å². The number of ether oxygens (including phenoxy) is 1. The number of imide groups is 1. The van der Waals surface area contributed by atoms with Crippen LogP contribution in [0.4, 0.5) is 24.5 Å². The Morgan fingerprint density at radius 1 is 1.02 bits per heavy atom. The number of nitrogens with one attached hydrogen (secondary N) is 2. The first-order chi connectivity index (χ1) is 23.4. The number of carbonyl (C=O) groups excluding carboxylic acids is 3. The first kappa shape index (κ1) is 32.6. The molecule has 3 fully saturated rings. The van der Waals surface area contributed by atoms with E-state index in [0.717, 1.165) is 31.7 Å². The van der Waals surface area contributed by atoms with E-state index >= 15 is 0 Å². The number of nitrogens with zero attached hydrogens (tertiary/aromatic N) is 1. The SMILES string of the molecule is O=C(COc1ccc(Br)cc1[C@@H]1c2sc(=O)[nH]c2S[C@@H]2[C@@H]3C[C@@H]([C@@H]4C(=O)N(c5ccccc5C(F)(F)F)C(=O)[C@@H]34)[C@H]12)Nc1ccc(Cl)cc1. The van der Waals surface area contributed by atoms with Crippen LogP contribution in [0.25, 0.3) is 0 Å². The largest absolute Gasteiger partial charge is 0.483 e. The highest BCUT2D eigenvalue weighted by atomic mass is 79.9. The summed E-state index contributed by atoms with van der Waals surface area (Å²) in [5.41, 5.74) is -0.249. The van der Waals surface area contributed by atoms with E-state index in [0.29, 0.717) is 33.5 Å². The number of halogens is 5. The van der Waals surface area contributed by atoms with Crippen LogP contribution in [-0.4, -0.2) is 34.6 Å². The van der Waals surface area contributed by atoms with Gasteiger partial charge in [0.15, 0.2) is 6.61 Å². The Labute approximate surface area is 298 Å². The second kappa shape index (κ2) is 12.0. The van der Waals surface area contributed by atoms with Gasteiger partial charge in [0.1, 0.15) is 5.75 Å². The Hall–Kier alpha value is -3.59. The van der Waals surface area contributed by atoms with E-state index in [4.69, 9.17) is 16.3 Å². The lowest BCUT2D eigenvalue weighted by molar-refractivity contribution is -0.137. The summed E-state index contributed by atoms with van der Waals surface area (Å²) in [6.07, 6.45) is -4.21. The monoisotopic (exact) mass is 789 g/mol. The van der Waals surface area contributed by atoms with Crippen LogP contribution in [0.15, 0.2) is 81.0 Å². The number of thioether (sulfide) groups is 1. The molecule has 49 heavy (non-hydrogen) atoms. The average molecular weight is 791 g/mol. The number of hydrogen-bond donors (Lipinski definition) is 2. The van der Waals surface area contributed by atoms with E-state index < -0.39 is 52.9 Å². The molecule has 3 heterocycles. The summed E-state index contributed by atoms with van der Waals surface area (Å²) < 4.78 is 48.9. The normalized spacial score (nSPS) is 26.8. The Morgan fingerprint density at radius 3 is 2.47 bits per heavy atom. The fourth-order valence-electron chi connectivity index (χ4n) is 8.28. The first-order valence-corrected chi connectivity index (χ1v) is 18.2. The van der Waals surface area contributed by atoms with Crippen LogP contribution in [0, 0.1) is 29.6 Å². The zero-order chi connectivity index (χ0) is 34.4. The summed E-state index contributed by atoms with van der Waals surface area (Å²) in [7, 11) is 0. The third-order valence-electron chi connectivity index (χ3n) is 9.97. The van der Waals surface area contributed by atoms with Crippen molar-refractivity contribution in [1.29, 1.82) is 0 Å². The second-order valence-electron chi connectivity index (χ2n) is 12.5. The highest BCUT2D eigenvalue weighted by Crippen LogP contribution is 2.69. The molecule has 252 valence electrons. The predicted octanol–water partition coefficient (Wildman–Crippen LogP) is 7.57. The molecule has 2 N–H and O–H groups in total. The van der Waals surface area contributed by atoms with Crippen molar-refractivity contribution in [2.45, 2.75) is 28.8 Å². The van der Waals surface area contributed by atoms with E-state index in [1.54, 1.807) is 36.4 Å².